The topological polar surface area (TPSA) is 24.9 Å². The van der Waals surface area contributed by atoms with Crippen molar-refractivity contribution in [3.8, 4) is 0 Å². The summed E-state index contributed by atoms with van der Waals surface area (Å²) in [6.45, 7) is 2.04. The van der Waals surface area contributed by atoms with Crippen LogP contribution in [-0.4, -0.2) is 12.0 Å². The van der Waals surface area contributed by atoms with Gasteiger partial charge < -0.3 is 5.32 Å². The van der Waals surface area contributed by atoms with E-state index in [4.69, 9.17) is 0 Å². The van der Waals surface area contributed by atoms with Crippen molar-refractivity contribution in [2.24, 2.45) is 0 Å². The van der Waals surface area contributed by atoms with Crippen molar-refractivity contribution in [3.05, 3.63) is 38.5 Å². The van der Waals surface area contributed by atoms with Crippen molar-refractivity contribution in [1.29, 1.82) is 0 Å². The molecule has 0 fully saturated rings. The summed E-state index contributed by atoms with van der Waals surface area (Å²) in [5, 5.41) is 11.0. The maximum atomic E-state index is 4.49. The van der Waals surface area contributed by atoms with Gasteiger partial charge in [0.15, 0.2) is 0 Å². The summed E-state index contributed by atoms with van der Waals surface area (Å²) < 4.78 is 0. The number of thiophene rings is 1. The minimum Gasteiger partial charge on any atom is -0.313 e. The summed E-state index contributed by atoms with van der Waals surface area (Å²) in [5.41, 5.74) is 2.48. The number of rotatable bonds is 4. The van der Waals surface area contributed by atoms with Crippen LogP contribution in [0.25, 0.3) is 0 Å². The minimum absolute atomic E-state index is 0.391. The molecule has 2 nitrogen and oxygen atoms in total. The van der Waals surface area contributed by atoms with E-state index in [-0.39, 0.29) is 0 Å². The molecule has 1 atom stereocenters. The van der Waals surface area contributed by atoms with Gasteiger partial charge in [-0.1, -0.05) is 0 Å². The Hall–Kier alpha value is -0.710. The Labute approximate surface area is 98.0 Å². The molecule has 1 unspecified atom stereocenters. The number of nitrogens with one attached hydrogen (secondary N) is 1. The Kier molecular flexibility index (Phi) is 3.51. The van der Waals surface area contributed by atoms with Gasteiger partial charge in [0.05, 0.1) is 5.01 Å². The Balaban J connectivity index is 2.09. The minimum atomic E-state index is 0.391. The van der Waals surface area contributed by atoms with Crippen LogP contribution < -0.4 is 5.32 Å². The van der Waals surface area contributed by atoms with E-state index < -0.39 is 0 Å². The van der Waals surface area contributed by atoms with Crippen LogP contribution in [0.15, 0.2) is 22.2 Å². The van der Waals surface area contributed by atoms with Gasteiger partial charge in [-0.2, -0.15) is 11.3 Å². The molecule has 0 aliphatic heterocycles. The van der Waals surface area contributed by atoms with Gasteiger partial charge in [-0.3, -0.25) is 0 Å². The normalized spacial score (nSPS) is 12.9. The highest BCUT2D eigenvalue weighted by Gasteiger charge is 2.12. The van der Waals surface area contributed by atoms with E-state index >= 15 is 0 Å². The van der Waals surface area contributed by atoms with Crippen LogP contribution in [0.1, 0.15) is 22.3 Å². The zero-order valence-corrected chi connectivity index (χ0v) is 10.5. The van der Waals surface area contributed by atoms with Gasteiger partial charge in [0.25, 0.3) is 0 Å². The number of thiazole rings is 1. The molecule has 0 saturated carbocycles. The summed E-state index contributed by atoms with van der Waals surface area (Å²) in [5.74, 6) is 0. The molecular weight excluding hydrogens is 224 g/mol. The third kappa shape index (κ3) is 2.65. The molecule has 2 aromatic rings. The molecule has 15 heavy (non-hydrogen) atoms. The SMILES string of the molecule is CNC(Cc1nc(C)cs1)c1ccsc1. The van der Waals surface area contributed by atoms with Crippen LogP contribution >= 0.6 is 22.7 Å². The van der Waals surface area contributed by atoms with Crippen LogP contribution in [0.3, 0.4) is 0 Å². The van der Waals surface area contributed by atoms with Gasteiger partial charge >= 0.3 is 0 Å². The third-order valence-electron chi connectivity index (χ3n) is 2.34. The van der Waals surface area contributed by atoms with E-state index in [1.165, 1.54) is 10.6 Å². The quantitative estimate of drug-likeness (QED) is 0.885. The number of aromatic nitrogens is 1. The molecule has 2 heterocycles. The van der Waals surface area contributed by atoms with Gasteiger partial charge in [-0.05, 0) is 36.4 Å². The lowest BCUT2D eigenvalue weighted by Crippen LogP contribution is -2.18. The van der Waals surface area contributed by atoms with Crippen molar-refractivity contribution in [1.82, 2.24) is 10.3 Å². The molecule has 0 radical (unpaired) electrons. The summed E-state index contributed by atoms with van der Waals surface area (Å²) in [6.07, 6.45) is 0.978. The Morgan fingerprint density at radius 1 is 1.47 bits per heavy atom. The van der Waals surface area contributed by atoms with E-state index in [1.807, 2.05) is 14.0 Å². The Bertz CT molecular complexity index is 406. The zero-order valence-electron chi connectivity index (χ0n) is 8.86. The number of aryl methyl sites for hydroxylation is 1. The zero-order chi connectivity index (χ0) is 10.7. The number of hydrogen-bond donors (Lipinski definition) is 1. The standard InChI is InChI=1S/C11H14N2S2/c1-8-6-15-11(13-8)5-10(12-2)9-3-4-14-7-9/h3-4,6-7,10,12H,5H2,1-2H3. The van der Waals surface area contributed by atoms with Gasteiger partial charge in [-0.25, -0.2) is 4.98 Å². The van der Waals surface area contributed by atoms with Crippen LogP contribution in [0.5, 0.6) is 0 Å². The lowest BCUT2D eigenvalue weighted by atomic mass is 10.1. The van der Waals surface area contributed by atoms with Gasteiger partial charge in [-0.15, -0.1) is 11.3 Å². The summed E-state index contributed by atoms with van der Waals surface area (Å²) in [4.78, 5) is 4.49. The molecule has 0 aliphatic rings. The second-order valence-electron chi connectivity index (χ2n) is 3.48. The van der Waals surface area contributed by atoms with Crippen molar-refractivity contribution in [2.75, 3.05) is 7.05 Å². The van der Waals surface area contributed by atoms with Crippen molar-refractivity contribution in [3.63, 3.8) is 0 Å². The predicted molar refractivity (Wildman–Crippen MR) is 66.7 cm³/mol. The number of nitrogens with zero attached hydrogens (tertiary/aromatic N) is 1. The first kappa shape index (κ1) is 10.8. The Morgan fingerprint density at radius 3 is 2.87 bits per heavy atom. The average molecular weight is 238 g/mol. The van der Waals surface area contributed by atoms with Gasteiger partial charge in [0.1, 0.15) is 0 Å². The molecule has 4 heteroatoms. The van der Waals surface area contributed by atoms with E-state index in [2.05, 4.69) is 32.5 Å². The van der Waals surface area contributed by atoms with Crippen LogP contribution in [-0.2, 0) is 6.42 Å². The molecular formula is C11H14N2S2. The first-order valence-corrected chi connectivity index (χ1v) is 6.72. The Morgan fingerprint density at radius 2 is 2.33 bits per heavy atom. The molecule has 2 aromatic heterocycles. The van der Waals surface area contributed by atoms with Crippen LogP contribution in [0.4, 0.5) is 0 Å². The summed E-state index contributed by atoms with van der Waals surface area (Å²) in [6, 6.07) is 2.56. The van der Waals surface area contributed by atoms with E-state index in [0.29, 0.717) is 6.04 Å². The average Bonchev–Trinajstić information content (AvgIpc) is 2.85. The molecule has 0 aliphatic carbocycles. The fourth-order valence-electron chi connectivity index (χ4n) is 1.53. The molecule has 2 rings (SSSR count). The first-order chi connectivity index (χ1) is 7.29. The second-order valence-corrected chi connectivity index (χ2v) is 5.21. The lowest BCUT2D eigenvalue weighted by molar-refractivity contribution is 0.592. The molecule has 0 amide bonds. The van der Waals surface area contributed by atoms with Gasteiger partial charge in [0.2, 0.25) is 0 Å². The smallest absolute Gasteiger partial charge is 0.0947 e. The molecule has 80 valence electrons. The molecule has 0 saturated heterocycles. The summed E-state index contributed by atoms with van der Waals surface area (Å²) >= 11 is 3.48. The van der Waals surface area contributed by atoms with Crippen LogP contribution in [0, 0.1) is 6.92 Å². The van der Waals surface area contributed by atoms with Crippen molar-refractivity contribution >= 4 is 22.7 Å². The van der Waals surface area contributed by atoms with Crippen molar-refractivity contribution in [2.45, 2.75) is 19.4 Å². The third-order valence-corrected chi connectivity index (χ3v) is 4.03. The highest BCUT2D eigenvalue weighted by Crippen LogP contribution is 2.22. The predicted octanol–water partition coefficient (Wildman–Crippen LogP) is 3.02. The maximum absolute atomic E-state index is 4.49. The van der Waals surface area contributed by atoms with E-state index in [1.54, 1.807) is 22.7 Å². The number of likely N-dealkylation sites (N-methyl/N-ethyl adjacent to an activating group) is 1. The fourth-order valence-corrected chi connectivity index (χ4v) is 3.06. The number of hydrogen-bond acceptors (Lipinski definition) is 4. The maximum Gasteiger partial charge on any atom is 0.0947 e. The van der Waals surface area contributed by atoms with Gasteiger partial charge in [0, 0.05) is 23.5 Å². The molecule has 1 N–H and O–H groups in total. The highest BCUT2D eigenvalue weighted by molar-refractivity contribution is 7.09. The fraction of sp³-hybridized carbons (Fsp3) is 0.364. The van der Waals surface area contributed by atoms with E-state index in [9.17, 15) is 0 Å². The molecule has 0 bridgehead atoms. The first-order valence-electron chi connectivity index (χ1n) is 4.90. The molecule has 0 aromatic carbocycles. The van der Waals surface area contributed by atoms with E-state index in [0.717, 1.165) is 12.1 Å². The largest absolute Gasteiger partial charge is 0.313 e. The van der Waals surface area contributed by atoms with Crippen molar-refractivity contribution < 1.29 is 0 Å². The monoisotopic (exact) mass is 238 g/mol. The second kappa shape index (κ2) is 4.88. The molecule has 0 spiro atoms. The highest BCUT2D eigenvalue weighted by atomic mass is 32.1. The van der Waals surface area contributed by atoms with Crippen LogP contribution in [0.2, 0.25) is 0 Å². The summed E-state index contributed by atoms with van der Waals surface area (Å²) in [7, 11) is 2.00. The lowest BCUT2D eigenvalue weighted by Gasteiger charge is -2.12.